The van der Waals surface area contributed by atoms with Crippen molar-refractivity contribution in [3.63, 3.8) is 0 Å². The van der Waals surface area contributed by atoms with Crippen molar-refractivity contribution in [3.8, 4) is 5.75 Å². The Morgan fingerprint density at radius 2 is 1.72 bits per heavy atom. The lowest BCUT2D eigenvalue weighted by atomic mass is 10.1. The summed E-state index contributed by atoms with van der Waals surface area (Å²) in [6.45, 7) is 3.96. The molecule has 0 spiro atoms. The zero-order valence-electron chi connectivity index (χ0n) is 16.2. The van der Waals surface area contributed by atoms with Gasteiger partial charge in [-0.1, -0.05) is 23.2 Å². The van der Waals surface area contributed by atoms with Gasteiger partial charge in [-0.15, -0.1) is 0 Å². The van der Waals surface area contributed by atoms with Gasteiger partial charge < -0.3 is 15.0 Å². The number of ketones is 1. The Kier molecular flexibility index (Phi) is 7.50. The summed E-state index contributed by atoms with van der Waals surface area (Å²) in [7, 11) is 2.08. The molecule has 3 rings (SSSR count). The van der Waals surface area contributed by atoms with E-state index in [2.05, 4.69) is 22.2 Å². The van der Waals surface area contributed by atoms with E-state index in [1.807, 2.05) is 0 Å². The van der Waals surface area contributed by atoms with Crippen LogP contribution in [0.25, 0.3) is 0 Å². The molecule has 1 aliphatic rings. The van der Waals surface area contributed by atoms with Gasteiger partial charge in [-0.2, -0.15) is 0 Å². The number of Topliss-reactive ketones (excluding diaryl/α,β-unsaturated/α-hetero) is 1. The topological polar surface area (TPSA) is 61.9 Å². The first-order valence-corrected chi connectivity index (χ1v) is 10.1. The highest BCUT2D eigenvalue weighted by Gasteiger charge is 2.17. The van der Waals surface area contributed by atoms with Crippen molar-refractivity contribution in [2.75, 3.05) is 51.7 Å². The number of anilines is 1. The van der Waals surface area contributed by atoms with Crippen LogP contribution in [0.5, 0.6) is 5.75 Å². The van der Waals surface area contributed by atoms with Crippen molar-refractivity contribution in [3.05, 3.63) is 58.1 Å². The Morgan fingerprint density at radius 3 is 2.38 bits per heavy atom. The molecule has 29 heavy (non-hydrogen) atoms. The Labute approximate surface area is 180 Å². The number of hydrogen-bond acceptors (Lipinski definition) is 5. The SMILES string of the molecule is CN1CCN(CC(=O)c2ccc(NC(=O)COc3ccc(Cl)cc3Cl)cc2)CC1. The van der Waals surface area contributed by atoms with Gasteiger partial charge in [-0.05, 0) is 49.5 Å². The summed E-state index contributed by atoms with van der Waals surface area (Å²) in [5.41, 5.74) is 1.23. The molecule has 2 aromatic carbocycles. The van der Waals surface area contributed by atoms with Crippen LogP contribution in [0.1, 0.15) is 10.4 Å². The molecule has 2 aromatic rings. The molecule has 6 nitrogen and oxygen atoms in total. The molecule has 0 aromatic heterocycles. The molecule has 0 unspecified atom stereocenters. The number of benzene rings is 2. The van der Waals surface area contributed by atoms with E-state index in [0.29, 0.717) is 33.6 Å². The monoisotopic (exact) mass is 435 g/mol. The molecule has 0 aliphatic carbocycles. The molecule has 154 valence electrons. The molecule has 8 heteroatoms. The first-order valence-electron chi connectivity index (χ1n) is 9.32. The number of nitrogens with one attached hydrogen (secondary N) is 1. The highest BCUT2D eigenvalue weighted by molar-refractivity contribution is 6.35. The number of ether oxygens (including phenoxy) is 1. The lowest BCUT2D eigenvalue weighted by Crippen LogP contribution is -2.46. The van der Waals surface area contributed by atoms with Gasteiger partial charge in [0.1, 0.15) is 5.75 Å². The van der Waals surface area contributed by atoms with E-state index >= 15 is 0 Å². The van der Waals surface area contributed by atoms with Crippen LogP contribution >= 0.6 is 23.2 Å². The normalized spacial score (nSPS) is 15.1. The maximum Gasteiger partial charge on any atom is 0.262 e. The van der Waals surface area contributed by atoms with Crippen LogP contribution in [0.4, 0.5) is 5.69 Å². The van der Waals surface area contributed by atoms with Crippen molar-refractivity contribution < 1.29 is 14.3 Å². The third-order valence-electron chi connectivity index (χ3n) is 4.71. The van der Waals surface area contributed by atoms with Crippen LogP contribution in [-0.2, 0) is 4.79 Å². The fourth-order valence-corrected chi connectivity index (χ4v) is 3.44. The van der Waals surface area contributed by atoms with E-state index in [4.69, 9.17) is 27.9 Å². The molecule has 1 aliphatic heterocycles. The zero-order chi connectivity index (χ0) is 20.8. The summed E-state index contributed by atoms with van der Waals surface area (Å²) in [6, 6.07) is 11.7. The summed E-state index contributed by atoms with van der Waals surface area (Å²) in [5.74, 6) is 0.136. The number of carbonyl (C=O) groups is 2. The Balaban J connectivity index is 1.48. The molecular weight excluding hydrogens is 413 g/mol. The van der Waals surface area contributed by atoms with Crippen molar-refractivity contribution in [2.45, 2.75) is 0 Å². The van der Waals surface area contributed by atoms with Crippen LogP contribution in [0.2, 0.25) is 10.0 Å². The van der Waals surface area contributed by atoms with Crippen LogP contribution in [0.15, 0.2) is 42.5 Å². The number of piperazine rings is 1. The molecule has 1 saturated heterocycles. The Bertz CT molecular complexity index is 866. The predicted octanol–water partition coefficient (Wildman–Crippen LogP) is 3.44. The van der Waals surface area contributed by atoms with Gasteiger partial charge in [0, 0.05) is 42.5 Å². The van der Waals surface area contributed by atoms with Gasteiger partial charge in [0.25, 0.3) is 5.91 Å². The molecule has 0 radical (unpaired) electrons. The fourth-order valence-electron chi connectivity index (χ4n) is 2.97. The van der Waals surface area contributed by atoms with Crippen LogP contribution < -0.4 is 10.1 Å². The molecule has 0 bridgehead atoms. The second-order valence-corrected chi connectivity index (χ2v) is 7.84. The first kappa shape index (κ1) is 21.6. The average Bonchev–Trinajstić information content (AvgIpc) is 2.69. The summed E-state index contributed by atoms with van der Waals surface area (Å²) < 4.78 is 5.41. The number of hydrogen-bond donors (Lipinski definition) is 1. The minimum Gasteiger partial charge on any atom is -0.482 e. The number of nitrogens with zero attached hydrogens (tertiary/aromatic N) is 2. The third kappa shape index (κ3) is 6.44. The standard InChI is InChI=1S/C21H23Cl2N3O3/c1-25-8-10-26(11-9-25)13-19(27)15-2-5-17(6-3-15)24-21(28)14-29-20-7-4-16(22)12-18(20)23/h2-7,12H,8-11,13-14H2,1H3,(H,24,28). The van der Waals surface area contributed by atoms with Crippen molar-refractivity contribution in [2.24, 2.45) is 0 Å². The van der Waals surface area contributed by atoms with Gasteiger partial charge in [0.15, 0.2) is 12.4 Å². The van der Waals surface area contributed by atoms with E-state index in [-0.39, 0.29) is 18.3 Å². The number of carbonyl (C=O) groups excluding carboxylic acids is 2. The number of rotatable bonds is 7. The largest absolute Gasteiger partial charge is 0.482 e. The molecule has 1 heterocycles. The molecule has 0 saturated carbocycles. The molecule has 0 atom stereocenters. The van der Waals surface area contributed by atoms with Crippen molar-refractivity contribution >= 4 is 40.6 Å². The van der Waals surface area contributed by atoms with E-state index in [1.54, 1.807) is 42.5 Å². The highest BCUT2D eigenvalue weighted by atomic mass is 35.5. The second kappa shape index (κ2) is 10.1. The number of amides is 1. The molecular formula is C21H23Cl2N3O3. The first-order chi connectivity index (χ1) is 13.9. The van der Waals surface area contributed by atoms with E-state index in [0.717, 1.165) is 26.2 Å². The van der Waals surface area contributed by atoms with E-state index in [9.17, 15) is 9.59 Å². The molecule has 1 fully saturated rings. The van der Waals surface area contributed by atoms with Gasteiger partial charge in [-0.25, -0.2) is 0 Å². The van der Waals surface area contributed by atoms with E-state index in [1.165, 1.54) is 0 Å². The average molecular weight is 436 g/mol. The maximum absolute atomic E-state index is 12.5. The quantitative estimate of drug-likeness (QED) is 0.674. The smallest absolute Gasteiger partial charge is 0.262 e. The zero-order valence-corrected chi connectivity index (χ0v) is 17.7. The van der Waals surface area contributed by atoms with Gasteiger partial charge in [-0.3, -0.25) is 14.5 Å². The fraction of sp³-hybridized carbons (Fsp3) is 0.333. The van der Waals surface area contributed by atoms with Crippen LogP contribution in [0.3, 0.4) is 0 Å². The summed E-state index contributed by atoms with van der Waals surface area (Å²) in [5, 5.41) is 3.57. The third-order valence-corrected chi connectivity index (χ3v) is 5.24. The van der Waals surface area contributed by atoms with Crippen molar-refractivity contribution in [1.29, 1.82) is 0 Å². The maximum atomic E-state index is 12.5. The van der Waals surface area contributed by atoms with Gasteiger partial charge >= 0.3 is 0 Å². The summed E-state index contributed by atoms with van der Waals surface area (Å²) in [6.07, 6.45) is 0. The number of likely N-dealkylation sites (N-methyl/N-ethyl adjacent to an activating group) is 1. The van der Waals surface area contributed by atoms with Crippen molar-refractivity contribution in [1.82, 2.24) is 9.80 Å². The molecule has 1 N–H and O–H groups in total. The number of halogens is 2. The predicted molar refractivity (Wildman–Crippen MR) is 115 cm³/mol. The highest BCUT2D eigenvalue weighted by Crippen LogP contribution is 2.27. The molecule has 1 amide bonds. The lowest BCUT2D eigenvalue weighted by molar-refractivity contribution is -0.118. The Hall–Kier alpha value is -2.12. The van der Waals surface area contributed by atoms with Crippen LogP contribution in [-0.4, -0.2) is 67.9 Å². The lowest BCUT2D eigenvalue weighted by Gasteiger charge is -2.31. The van der Waals surface area contributed by atoms with Gasteiger partial charge in [0.05, 0.1) is 11.6 Å². The summed E-state index contributed by atoms with van der Waals surface area (Å²) >= 11 is 11.9. The Morgan fingerprint density at radius 1 is 1.03 bits per heavy atom. The van der Waals surface area contributed by atoms with Gasteiger partial charge in [0.2, 0.25) is 0 Å². The minimum atomic E-state index is -0.326. The minimum absolute atomic E-state index is 0.0770. The second-order valence-electron chi connectivity index (χ2n) is 6.99. The van der Waals surface area contributed by atoms with Crippen LogP contribution in [0, 0.1) is 0 Å². The summed E-state index contributed by atoms with van der Waals surface area (Å²) in [4.78, 5) is 29.0. The van der Waals surface area contributed by atoms with E-state index < -0.39 is 0 Å².